The number of hydrogen-bond donors (Lipinski definition) is 1. The van der Waals surface area contributed by atoms with E-state index in [0.717, 1.165) is 32.2 Å². The predicted octanol–water partition coefficient (Wildman–Crippen LogP) is 5.65. The molecule has 4 aliphatic heterocycles. The topological polar surface area (TPSA) is 106 Å². The Morgan fingerprint density at radius 1 is 0.978 bits per heavy atom. The van der Waals surface area contributed by atoms with Gasteiger partial charge >= 0.3 is 0 Å². The van der Waals surface area contributed by atoms with Crippen LogP contribution in [0, 0.1) is 5.92 Å². The fraction of sp³-hybridized carbons (Fsp3) is 0.618. The molecule has 250 valence electrons. The molecule has 0 aliphatic carbocycles. The lowest BCUT2D eigenvalue weighted by Crippen LogP contribution is -2.43. The second-order valence-corrected chi connectivity index (χ2v) is 15.6. The molecule has 4 aliphatic rings. The lowest BCUT2D eigenvalue weighted by Gasteiger charge is -2.37. The maximum Gasteiger partial charge on any atom is 0.276 e. The zero-order chi connectivity index (χ0) is 32.5. The third-order valence-electron chi connectivity index (χ3n) is 10.3. The summed E-state index contributed by atoms with van der Waals surface area (Å²) < 4.78 is 63.8. The summed E-state index contributed by atoms with van der Waals surface area (Å²) in [6.07, 6.45) is 6.51. The summed E-state index contributed by atoms with van der Waals surface area (Å²) in [5, 5.41) is 4.09. The van der Waals surface area contributed by atoms with Crippen LogP contribution in [0.1, 0.15) is 86.9 Å². The maximum atomic E-state index is 15.9. The Balaban J connectivity index is 1.39. The van der Waals surface area contributed by atoms with Crippen LogP contribution in [0.5, 0.6) is 0 Å². The number of nitrogens with one attached hydrogen (secondary N) is 1. The van der Waals surface area contributed by atoms with Crippen molar-refractivity contribution in [2.75, 3.05) is 43.6 Å². The molecular weight excluding hydrogens is 612 g/mol. The molecular formula is C34H45F2N5O4S. The highest BCUT2D eigenvalue weighted by molar-refractivity contribution is 7.91. The molecule has 0 spiro atoms. The smallest absolute Gasteiger partial charge is 0.276 e. The monoisotopic (exact) mass is 657 g/mol. The number of benzene rings is 1. The van der Waals surface area contributed by atoms with E-state index in [2.05, 4.69) is 20.2 Å². The van der Waals surface area contributed by atoms with Crippen molar-refractivity contribution in [2.24, 2.45) is 5.92 Å². The fourth-order valence-electron chi connectivity index (χ4n) is 7.43. The number of hydrogen-bond acceptors (Lipinski definition) is 8. The molecule has 1 aromatic carbocycles. The number of nitrogens with zero attached hydrogens (tertiary/aromatic N) is 4. The van der Waals surface area contributed by atoms with Crippen LogP contribution in [0.3, 0.4) is 0 Å². The number of sulfone groups is 1. The summed E-state index contributed by atoms with van der Waals surface area (Å²) in [6, 6.07) is 8.11. The van der Waals surface area contributed by atoms with Crippen LogP contribution < -0.4 is 10.9 Å². The van der Waals surface area contributed by atoms with E-state index in [-0.39, 0.29) is 40.7 Å². The van der Waals surface area contributed by atoms with Crippen LogP contribution in [-0.2, 0) is 27.0 Å². The molecule has 1 N–H and O–H groups in total. The van der Waals surface area contributed by atoms with Gasteiger partial charge in [-0.2, -0.15) is 0 Å². The van der Waals surface area contributed by atoms with Gasteiger partial charge in [0, 0.05) is 43.3 Å². The van der Waals surface area contributed by atoms with Crippen molar-refractivity contribution in [3.05, 3.63) is 63.7 Å². The number of methoxy groups -OCH3 is 1. The molecule has 0 unspecified atom stereocenters. The first-order chi connectivity index (χ1) is 22.1. The first-order valence-electron chi connectivity index (χ1n) is 16.6. The summed E-state index contributed by atoms with van der Waals surface area (Å²) >= 11 is 0. The molecule has 8 bridgehead atoms. The van der Waals surface area contributed by atoms with Crippen LogP contribution in [0.4, 0.5) is 14.6 Å². The van der Waals surface area contributed by atoms with Crippen molar-refractivity contribution in [1.29, 1.82) is 0 Å². The van der Waals surface area contributed by atoms with Crippen molar-refractivity contribution >= 4 is 26.7 Å². The van der Waals surface area contributed by atoms with E-state index in [1.54, 1.807) is 23.8 Å². The Kier molecular flexibility index (Phi) is 9.78. The largest absolute Gasteiger partial charge is 0.380 e. The molecule has 0 amide bonds. The first kappa shape index (κ1) is 33.0. The van der Waals surface area contributed by atoms with Gasteiger partial charge in [0.1, 0.15) is 27.6 Å². The Bertz CT molecular complexity index is 1690. The number of rotatable bonds is 2. The molecule has 9 nitrogen and oxygen atoms in total. The van der Waals surface area contributed by atoms with Gasteiger partial charge in [0.15, 0.2) is 0 Å². The molecule has 2 aromatic heterocycles. The summed E-state index contributed by atoms with van der Waals surface area (Å²) in [5.41, 5.74) is 1.68. The quantitative estimate of drug-likeness (QED) is 0.377. The van der Waals surface area contributed by atoms with E-state index in [0.29, 0.717) is 73.3 Å². The van der Waals surface area contributed by atoms with E-state index >= 15 is 8.78 Å². The standard InChI is InChI=1S/C34H45F2N5O4S/c1-23-25-7-6-8-27(19-25)34(35,36)26-10-15-40(16-11-26)21-28(45-2)9-4-3-5-14-41-32-30(31(39-23)37-22-38-32)20-29(33(41)42)24-12-17-46(43,44)18-13-24/h6-8,19-20,22-24,26,28H,3-5,9-18,21H2,1-2H3,(H,37,38,39)/t23-,28-/m1/s1. The molecule has 12 heteroatoms. The normalized spacial score (nSPS) is 27.6. The fourth-order valence-corrected chi connectivity index (χ4v) is 8.92. The minimum absolute atomic E-state index is 0.0140. The molecule has 46 heavy (non-hydrogen) atoms. The Labute approximate surface area is 269 Å². The van der Waals surface area contributed by atoms with Crippen LogP contribution in [-0.4, -0.2) is 72.2 Å². The van der Waals surface area contributed by atoms with Crippen molar-refractivity contribution in [3.8, 4) is 0 Å². The lowest BCUT2D eigenvalue weighted by molar-refractivity contribution is -0.0882. The predicted molar refractivity (Wildman–Crippen MR) is 175 cm³/mol. The summed E-state index contributed by atoms with van der Waals surface area (Å²) in [5.74, 6) is -3.24. The molecule has 7 rings (SSSR count). The molecule has 0 radical (unpaired) electrons. The van der Waals surface area contributed by atoms with Gasteiger partial charge in [-0.25, -0.2) is 27.2 Å². The molecule has 2 saturated heterocycles. The number of alkyl halides is 2. The van der Waals surface area contributed by atoms with Gasteiger partial charge in [0.25, 0.3) is 11.5 Å². The number of anilines is 1. The van der Waals surface area contributed by atoms with Gasteiger partial charge in [0.2, 0.25) is 0 Å². The molecule has 6 heterocycles. The zero-order valence-corrected chi connectivity index (χ0v) is 27.6. The third-order valence-corrected chi connectivity index (χ3v) is 12.0. The maximum absolute atomic E-state index is 15.9. The number of pyridine rings is 1. The summed E-state index contributed by atoms with van der Waals surface area (Å²) in [4.78, 5) is 25.3. The molecule has 0 saturated carbocycles. The van der Waals surface area contributed by atoms with Gasteiger partial charge in [-0.1, -0.05) is 31.0 Å². The number of halogens is 2. The highest BCUT2D eigenvalue weighted by Gasteiger charge is 2.43. The first-order valence-corrected chi connectivity index (χ1v) is 18.5. The SMILES string of the molecule is CO[C@@H]1CCCCCn2c(=O)c(C3CCS(=O)(=O)CC3)cc3c(ncnc32)N[C@H](C)c2cccc(c2)C(F)(F)C2CCN(CC2)C1. The number of aryl methyl sites for hydroxylation is 1. The summed E-state index contributed by atoms with van der Waals surface area (Å²) in [6.45, 7) is 4.34. The van der Waals surface area contributed by atoms with Crippen molar-refractivity contribution in [2.45, 2.75) is 88.8 Å². The lowest BCUT2D eigenvalue weighted by atomic mass is 9.85. The Morgan fingerprint density at radius 2 is 1.74 bits per heavy atom. The van der Waals surface area contributed by atoms with Crippen molar-refractivity contribution < 1.29 is 21.9 Å². The van der Waals surface area contributed by atoms with Crippen LogP contribution >= 0.6 is 0 Å². The van der Waals surface area contributed by atoms with E-state index in [1.807, 2.05) is 19.1 Å². The molecule has 2 fully saturated rings. The number of ether oxygens (including phenoxy) is 1. The minimum Gasteiger partial charge on any atom is -0.380 e. The Morgan fingerprint density at radius 3 is 2.48 bits per heavy atom. The second kappa shape index (κ2) is 13.6. The zero-order valence-electron chi connectivity index (χ0n) is 26.8. The van der Waals surface area contributed by atoms with Crippen molar-refractivity contribution in [1.82, 2.24) is 19.4 Å². The van der Waals surface area contributed by atoms with E-state index in [9.17, 15) is 13.2 Å². The number of aromatic nitrogens is 3. The van der Waals surface area contributed by atoms with Crippen LogP contribution in [0.2, 0.25) is 0 Å². The number of fused-ring (bicyclic) bond motifs is 9. The molecule has 2 atom stereocenters. The van der Waals surface area contributed by atoms with Gasteiger partial charge in [-0.3, -0.25) is 9.36 Å². The van der Waals surface area contributed by atoms with Crippen LogP contribution in [0.25, 0.3) is 11.0 Å². The molecule has 3 aromatic rings. The van der Waals surface area contributed by atoms with Gasteiger partial charge < -0.3 is 15.0 Å². The van der Waals surface area contributed by atoms with Gasteiger partial charge in [-0.15, -0.1) is 0 Å². The minimum atomic E-state index is -3.11. The average Bonchev–Trinajstić information content (AvgIpc) is 3.05. The van der Waals surface area contributed by atoms with Gasteiger partial charge in [-0.05, 0) is 82.2 Å². The highest BCUT2D eigenvalue weighted by atomic mass is 32.2. The van der Waals surface area contributed by atoms with Crippen molar-refractivity contribution in [3.63, 3.8) is 0 Å². The van der Waals surface area contributed by atoms with Crippen LogP contribution in [0.15, 0.2) is 41.5 Å². The second-order valence-electron chi connectivity index (χ2n) is 13.3. The average molecular weight is 658 g/mol. The summed E-state index contributed by atoms with van der Waals surface area (Å²) in [7, 11) is -1.40. The van der Waals surface area contributed by atoms with E-state index in [4.69, 9.17) is 4.74 Å². The highest BCUT2D eigenvalue weighted by Crippen LogP contribution is 2.42. The van der Waals surface area contributed by atoms with Gasteiger partial charge in [0.05, 0.1) is 23.0 Å². The Hall–Kier alpha value is -2.96. The van der Waals surface area contributed by atoms with E-state index < -0.39 is 21.7 Å². The third kappa shape index (κ3) is 6.99. The van der Waals surface area contributed by atoms with E-state index in [1.165, 1.54) is 12.4 Å². The number of piperidine rings is 1.